The average Bonchev–Trinajstić information content (AvgIpc) is 3.31. The fourth-order valence-corrected chi connectivity index (χ4v) is 2.22. The summed E-state index contributed by atoms with van der Waals surface area (Å²) in [4.78, 5) is 22.4. The van der Waals surface area contributed by atoms with Crippen LogP contribution < -0.4 is 10.9 Å². The van der Waals surface area contributed by atoms with E-state index >= 15 is 0 Å². The lowest BCUT2D eigenvalue weighted by atomic mass is 10.1. The van der Waals surface area contributed by atoms with Crippen LogP contribution in [0.2, 0.25) is 0 Å². The van der Waals surface area contributed by atoms with Crippen molar-refractivity contribution in [1.29, 1.82) is 0 Å². The average molecular weight is 286 g/mol. The van der Waals surface area contributed by atoms with E-state index in [4.69, 9.17) is 0 Å². The monoisotopic (exact) mass is 286 g/mol. The number of hydrogen-bond donors (Lipinski definition) is 1. The fourth-order valence-electron chi connectivity index (χ4n) is 2.22. The molecule has 0 saturated heterocycles. The van der Waals surface area contributed by atoms with Crippen molar-refractivity contribution in [3.63, 3.8) is 0 Å². The molecule has 21 heavy (non-hydrogen) atoms. The summed E-state index contributed by atoms with van der Waals surface area (Å²) in [7, 11) is 1.69. The summed E-state index contributed by atoms with van der Waals surface area (Å²) < 4.78 is 1.47. The first-order valence-corrected chi connectivity index (χ1v) is 6.66. The Labute approximate surface area is 120 Å². The minimum Gasteiger partial charge on any atom is -0.386 e. The summed E-state index contributed by atoms with van der Waals surface area (Å²) in [6, 6.07) is 7.89. The Balaban J connectivity index is 2.16. The van der Waals surface area contributed by atoms with Crippen molar-refractivity contribution in [3.05, 3.63) is 50.8 Å². The highest BCUT2D eigenvalue weighted by atomic mass is 16.6. The van der Waals surface area contributed by atoms with Crippen LogP contribution in [-0.4, -0.2) is 21.8 Å². The van der Waals surface area contributed by atoms with Gasteiger partial charge in [-0.3, -0.25) is 14.9 Å². The third kappa shape index (κ3) is 2.49. The summed E-state index contributed by atoms with van der Waals surface area (Å²) in [5, 5.41) is 18.2. The summed E-state index contributed by atoms with van der Waals surface area (Å²) >= 11 is 0. The van der Waals surface area contributed by atoms with Crippen molar-refractivity contribution >= 4 is 11.4 Å². The van der Waals surface area contributed by atoms with Crippen LogP contribution in [0.1, 0.15) is 18.9 Å². The normalized spacial score (nSPS) is 14.0. The molecule has 2 aromatic rings. The lowest BCUT2D eigenvalue weighted by molar-refractivity contribution is -0.384. The summed E-state index contributed by atoms with van der Waals surface area (Å²) in [5.74, 6) is 0. The zero-order valence-corrected chi connectivity index (χ0v) is 11.4. The number of anilines is 1. The molecular formula is C14H14N4O3. The van der Waals surface area contributed by atoms with Crippen molar-refractivity contribution in [2.75, 3.05) is 12.4 Å². The van der Waals surface area contributed by atoms with Crippen LogP contribution in [-0.2, 0) is 0 Å². The highest BCUT2D eigenvalue weighted by molar-refractivity contribution is 5.74. The molecule has 7 nitrogen and oxygen atoms in total. The first-order valence-electron chi connectivity index (χ1n) is 6.66. The van der Waals surface area contributed by atoms with E-state index < -0.39 is 4.92 Å². The molecule has 1 N–H and O–H groups in total. The molecule has 0 aliphatic heterocycles. The Morgan fingerprint density at radius 1 is 1.38 bits per heavy atom. The number of benzene rings is 1. The number of nitrogens with one attached hydrogen (secondary N) is 1. The molecule has 1 aliphatic carbocycles. The zero-order chi connectivity index (χ0) is 15.0. The van der Waals surface area contributed by atoms with Gasteiger partial charge in [-0.05, 0) is 12.8 Å². The SMILES string of the molecule is CNc1cc(=O)n(C2CC2)nc1-c1cccc([N+](=O)[O-])c1. The number of nitrogens with zero attached hydrogens (tertiary/aromatic N) is 3. The summed E-state index contributed by atoms with van der Waals surface area (Å²) in [6.07, 6.45) is 1.89. The van der Waals surface area contributed by atoms with Crippen LogP contribution in [0.25, 0.3) is 11.3 Å². The molecule has 108 valence electrons. The number of rotatable bonds is 4. The van der Waals surface area contributed by atoms with Gasteiger partial charge in [0.1, 0.15) is 5.69 Å². The Morgan fingerprint density at radius 2 is 2.14 bits per heavy atom. The molecule has 7 heteroatoms. The Morgan fingerprint density at radius 3 is 2.76 bits per heavy atom. The van der Waals surface area contributed by atoms with Crippen molar-refractivity contribution in [3.8, 4) is 11.3 Å². The molecule has 0 radical (unpaired) electrons. The van der Waals surface area contributed by atoms with Gasteiger partial charge in [0, 0.05) is 30.8 Å². The highest BCUT2D eigenvalue weighted by Gasteiger charge is 2.27. The topological polar surface area (TPSA) is 90.1 Å². The third-order valence-corrected chi connectivity index (χ3v) is 3.45. The Bertz CT molecular complexity index is 765. The van der Waals surface area contributed by atoms with E-state index in [0.29, 0.717) is 16.9 Å². The second kappa shape index (κ2) is 5.01. The smallest absolute Gasteiger partial charge is 0.270 e. The fraction of sp³-hybridized carbons (Fsp3) is 0.286. The van der Waals surface area contributed by atoms with Crippen LogP contribution >= 0.6 is 0 Å². The maximum absolute atomic E-state index is 12.0. The second-order valence-corrected chi connectivity index (χ2v) is 4.98. The number of nitro groups is 1. The molecule has 1 aromatic carbocycles. The number of hydrogen-bond acceptors (Lipinski definition) is 5. The van der Waals surface area contributed by atoms with Crippen molar-refractivity contribution in [2.24, 2.45) is 0 Å². The third-order valence-electron chi connectivity index (χ3n) is 3.45. The Hall–Kier alpha value is -2.70. The van der Waals surface area contributed by atoms with Crippen LogP contribution in [0.15, 0.2) is 35.1 Å². The van der Waals surface area contributed by atoms with Gasteiger partial charge in [-0.1, -0.05) is 12.1 Å². The summed E-state index contributed by atoms with van der Waals surface area (Å²) in [6.45, 7) is 0. The van der Waals surface area contributed by atoms with E-state index in [1.165, 1.54) is 22.9 Å². The van der Waals surface area contributed by atoms with Gasteiger partial charge in [-0.25, -0.2) is 4.68 Å². The molecule has 1 aliphatic rings. The van der Waals surface area contributed by atoms with Gasteiger partial charge in [-0.2, -0.15) is 5.10 Å². The molecule has 1 aromatic heterocycles. The molecule has 0 atom stereocenters. The van der Waals surface area contributed by atoms with Gasteiger partial charge in [0.2, 0.25) is 0 Å². The number of nitro benzene ring substituents is 1. The van der Waals surface area contributed by atoms with E-state index in [1.54, 1.807) is 19.2 Å². The van der Waals surface area contributed by atoms with Crippen LogP contribution in [0.3, 0.4) is 0 Å². The molecule has 0 amide bonds. The molecule has 0 bridgehead atoms. The molecule has 1 fully saturated rings. The van der Waals surface area contributed by atoms with Crippen LogP contribution in [0.4, 0.5) is 11.4 Å². The molecule has 3 rings (SSSR count). The first kappa shape index (κ1) is 13.3. The highest BCUT2D eigenvalue weighted by Crippen LogP contribution is 2.34. The molecule has 0 spiro atoms. The molecule has 1 saturated carbocycles. The van der Waals surface area contributed by atoms with Gasteiger partial charge in [0.05, 0.1) is 16.7 Å². The lowest BCUT2D eigenvalue weighted by Crippen LogP contribution is -2.22. The van der Waals surface area contributed by atoms with Gasteiger partial charge in [0.25, 0.3) is 11.2 Å². The van der Waals surface area contributed by atoms with Crippen molar-refractivity contribution in [1.82, 2.24) is 9.78 Å². The molecule has 0 unspecified atom stereocenters. The van der Waals surface area contributed by atoms with E-state index in [9.17, 15) is 14.9 Å². The largest absolute Gasteiger partial charge is 0.386 e. The quantitative estimate of drug-likeness (QED) is 0.687. The van der Waals surface area contributed by atoms with Crippen LogP contribution in [0, 0.1) is 10.1 Å². The van der Waals surface area contributed by atoms with Gasteiger partial charge in [-0.15, -0.1) is 0 Å². The Kier molecular flexibility index (Phi) is 3.17. The number of non-ortho nitro benzene ring substituents is 1. The van der Waals surface area contributed by atoms with Gasteiger partial charge < -0.3 is 5.32 Å². The molecule has 1 heterocycles. The summed E-state index contributed by atoms with van der Waals surface area (Å²) in [5.41, 5.74) is 1.57. The minimum absolute atomic E-state index is 0.000486. The zero-order valence-electron chi connectivity index (χ0n) is 11.4. The first-order chi connectivity index (χ1) is 10.1. The van der Waals surface area contributed by atoms with Crippen molar-refractivity contribution in [2.45, 2.75) is 18.9 Å². The maximum atomic E-state index is 12.0. The van der Waals surface area contributed by atoms with E-state index in [1.807, 2.05) is 0 Å². The van der Waals surface area contributed by atoms with Gasteiger partial charge in [0.15, 0.2) is 0 Å². The van der Waals surface area contributed by atoms with E-state index in [-0.39, 0.29) is 17.3 Å². The predicted octanol–water partition coefficient (Wildman–Crippen LogP) is 2.20. The predicted molar refractivity (Wildman–Crippen MR) is 78.4 cm³/mol. The standard InChI is InChI=1S/C14H14N4O3/c1-15-12-8-13(19)17(10-5-6-10)16-14(12)9-3-2-4-11(7-9)18(20)21/h2-4,7-8,10,15H,5-6H2,1H3. The number of aromatic nitrogens is 2. The van der Waals surface area contributed by atoms with E-state index in [2.05, 4.69) is 10.4 Å². The van der Waals surface area contributed by atoms with Crippen LogP contribution in [0.5, 0.6) is 0 Å². The maximum Gasteiger partial charge on any atom is 0.270 e. The minimum atomic E-state index is -0.445. The second-order valence-electron chi connectivity index (χ2n) is 4.98. The van der Waals surface area contributed by atoms with E-state index in [0.717, 1.165) is 12.8 Å². The molecular weight excluding hydrogens is 272 g/mol. The lowest BCUT2D eigenvalue weighted by Gasteiger charge is -2.11. The van der Waals surface area contributed by atoms with Crippen molar-refractivity contribution < 1.29 is 4.92 Å². The van der Waals surface area contributed by atoms with Gasteiger partial charge >= 0.3 is 0 Å².